The molecule has 0 radical (unpaired) electrons. The van der Waals surface area contributed by atoms with Crippen molar-refractivity contribution in [3.63, 3.8) is 0 Å². The summed E-state index contributed by atoms with van der Waals surface area (Å²) < 4.78 is 13.5. The fraction of sp³-hybridized carbons (Fsp3) is 0.471. The highest BCUT2D eigenvalue weighted by Crippen LogP contribution is 1.95. The molecule has 0 unspecified atom stereocenters. The molecule has 0 bridgehead atoms. The van der Waals surface area contributed by atoms with Gasteiger partial charge in [-0.25, -0.2) is 14.4 Å². The molecule has 0 aromatic rings. The number of ether oxygens (including phenoxy) is 3. The van der Waals surface area contributed by atoms with Crippen molar-refractivity contribution < 1.29 is 28.6 Å². The maximum atomic E-state index is 10.6. The molecule has 0 amide bonds. The third kappa shape index (κ3) is 22.1. The number of rotatable bonds is 5. The number of carbonyl (C=O) groups excluding carboxylic acids is 3. The molecule has 0 saturated carbocycles. The minimum absolute atomic E-state index is 0.0470. The molecule has 0 spiro atoms. The van der Waals surface area contributed by atoms with E-state index in [2.05, 4.69) is 29.2 Å². The van der Waals surface area contributed by atoms with Gasteiger partial charge in [0.15, 0.2) is 0 Å². The van der Waals surface area contributed by atoms with Crippen LogP contribution in [0, 0.1) is 0 Å². The molecule has 6 heteroatoms. The summed E-state index contributed by atoms with van der Waals surface area (Å²) in [6.45, 7) is 19.0. The Balaban J connectivity index is -0.000000266. The van der Waals surface area contributed by atoms with Gasteiger partial charge in [-0.15, -0.1) is 0 Å². The highest BCUT2D eigenvalue weighted by Gasteiger charge is 2.03. The number of hydrogen-bond donors (Lipinski definition) is 0. The van der Waals surface area contributed by atoms with Crippen molar-refractivity contribution in [1.29, 1.82) is 0 Å². The van der Waals surface area contributed by atoms with Crippen molar-refractivity contribution in [1.82, 2.24) is 0 Å². The zero-order valence-electron chi connectivity index (χ0n) is 14.9. The van der Waals surface area contributed by atoms with E-state index in [0.717, 1.165) is 6.08 Å². The maximum absolute atomic E-state index is 10.6. The zero-order chi connectivity index (χ0) is 19.0. The summed E-state index contributed by atoms with van der Waals surface area (Å²) in [5.41, 5.74) is 0.899. The molecule has 6 nitrogen and oxygen atoms in total. The first kappa shape index (κ1) is 25.6. The minimum atomic E-state index is -0.394. The second-order valence-corrected chi connectivity index (χ2v) is 4.46. The monoisotopic (exact) mass is 328 g/mol. The Kier molecular flexibility index (Phi) is 17.8. The van der Waals surface area contributed by atoms with Gasteiger partial charge in [0.1, 0.15) is 0 Å². The second kappa shape index (κ2) is 16.0. The lowest BCUT2D eigenvalue weighted by molar-refractivity contribution is -0.142. The summed E-state index contributed by atoms with van der Waals surface area (Å²) in [6, 6.07) is 0. The van der Waals surface area contributed by atoms with Crippen LogP contribution in [0.5, 0.6) is 0 Å². The van der Waals surface area contributed by atoms with Gasteiger partial charge in [0.2, 0.25) is 0 Å². The van der Waals surface area contributed by atoms with Crippen LogP contribution in [0.4, 0.5) is 0 Å². The van der Waals surface area contributed by atoms with Gasteiger partial charge in [-0.1, -0.05) is 19.7 Å². The summed E-state index contributed by atoms with van der Waals surface area (Å²) in [5, 5.41) is 0. The van der Waals surface area contributed by atoms with Crippen molar-refractivity contribution in [2.75, 3.05) is 13.7 Å². The van der Waals surface area contributed by atoms with E-state index in [1.807, 2.05) is 0 Å². The Morgan fingerprint density at radius 1 is 1.04 bits per heavy atom. The Bertz CT molecular complexity index is 421. The highest BCUT2D eigenvalue weighted by atomic mass is 16.5. The number of methoxy groups -OCH3 is 1. The van der Waals surface area contributed by atoms with Gasteiger partial charge < -0.3 is 14.2 Å². The number of esters is 3. The molecule has 0 aliphatic rings. The van der Waals surface area contributed by atoms with Crippen LogP contribution < -0.4 is 0 Å². The van der Waals surface area contributed by atoms with Gasteiger partial charge in [0.05, 0.1) is 19.8 Å². The maximum Gasteiger partial charge on any atom is 0.333 e. The quantitative estimate of drug-likeness (QED) is 0.438. The lowest BCUT2D eigenvalue weighted by Crippen LogP contribution is -2.11. The van der Waals surface area contributed by atoms with E-state index in [0.29, 0.717) is 17.8 Å². The van der Waals surface area contributed by atoms with Crippen LogP contribution in [0.3, 0.4) is 0 Å². The van der Waals surface area contributed by atoms with Crippen LogP contribution >= 0.6 is 0 Å². The van der Waals surface area contributed by atoms with Gasteiger partial charge in [-0.3, -0.25) is 0 Å². The van der Waals surface area contributed by atoms with Crippen LogP contribution in [0.25, 0.3) is 0 Å². The van der Waals surface area contributed by atoms with Gasteiger partial charge in [-0.05, 0) is 34.6 Å². The molecular weight excluding hydrogens is 300 g/mol. The molecule has 0 atom stereocenters. The minimum Gasteiger partial charge on any atom is -0.466 e. The van der Waals surface area contributed by atoms with Crippen LogP contribution in [-0.4, -0.2) is 37.7 Å². The molecule has 0 aliphatic heterocycles. The highest BCUT2D eigenvalue weighted by molar-refractivity contribution is 5.87. The smallest absolute Gasteiger partial charge is 0.333 e. The molecule has 0 rings (SSSR count). The van der Waals surface area contributed by atoms with E-state index < -0.39 is 5.97 Å². The van der Waals surface area contributed by atoms with Gasteiger partial charge in [0, 0.05) is 17.2 Å². The Morgan fingerprint density at radius 2 is 1.48 bits per heavy atom. The normalized spacial score (nSPS) is 8.30. The lowest BCUT2D eigenvalue weighted by atomic mass is 10.3. The van der Waals surface area contributed by atoms with Crippen LogP contribution in [-0.2, 0) is 28.6 Å². The van der Waals surface area contributed by atoms with Crippen molar-refractivity contribution in [2.45, 2.75) is 40.7 Å². The first-order chi connectivity index (χ1) is 10.5. The molecule has 0 aromatic heterocycles. The zero-order valence-corrected chi connectivity index (χ0v) is 14.9. The number of carbonyl (C=O) groups is 3. The summed E-state index contributed by atoms with van der Waals surface area (Å²) in [6.07, 6.45) is 1.06. The van der Waals surface area contributed by atoms with E-state index in [1.54, 1.807) is 34.6 Å². The molecule has 0 aliphatic carbocycles. The van der Waals surface area contributed by atoms with Crippen LogP contribution in [0.15, 0.2) is 37.0 Å². The van der Waals surface area contributed by atoms with Gasteiger partial charge >= 0.3 is 17.9 Å². The topological polar surface area (TPSA) is 78.9 Å². The van der Waals surface area contributed by atoms with E-state index in [1.165, 1.54) is 7.11 Å². The summed E-state index contributed by atoms with van der Waals surface area (Å²) in [7, 11) is 1.31. The van der Waals surface area contributed by atoms with Crippen LogP contribution in [0.2, 0.25) is 0 Å². The summed E-state index contributed by atoms with van der Waals surface area (Å²) in [5.74, 6) is -1.02. The molecule has 23 heavy (non-hydrogen) atoms. The van der Waals surface area contributed by atoms with Crippen molar-refractivity contribution >= 4 is 17.9 Å². The van der Waals surface area contributed by atoms with Gasteiger partial charge in [-0.2, -0.15) is 0 Å². The molecule has 0 saturated heterocycles. The first-order valence-corrected chi connectivity index (χ1v) is 6.92. The fourth-order valence-electron chi connectivity index (χ4n) is 0.652. The third-order valence-corrected chi connectivity index (χ3v) is 1.68. The molecule has 0 aromatic carbocycles. The van der Waals surface area contributed by atoms with E-state index >= 15 is 0 Å². The number of hydrogen-bond acceptors (Lipinski definition) is 6. The largest absolute Gasteiger partial charge is 0.466 e. The average Bonchev–Trinajstić information content (AvgIpc) is 2.47. The Morgan fingerprint density at radius 3 is 1.57 bits per heavy atom. The standard InChI is InChI=1S/C7H12O2.C6H10O2.C4H6O2/c1-5(2)7(8)9-6(3)4;1-4-8-6(7)5(2)3;1-3-4(5)6-2/h6H,1H2,2-4H3;2,4H2,1,3H3;3H,1H2,2H3. The van der Waals surface area contributed by atoms with Crippen molar-refractivity contribution in [3.8, 4) is 0 Å². The second-order valence-electron chi connectivity index (χ2n) is 4.46. The Hall–Kier alpha value is -2.37. The van der Waals surface area contributed by atoms with Crippen molar-refractivity contribution in [3.05, 3.63) is 37.0 Å². The van der Waals surface area contributed by atoms with Crippen LogP contribution in [0.1, 0.15) is 34.6 Å². The Labute approximate surface area is 138 Å². The average molecular weight is 328 g/mol. The lowest BCUT2D eigenvalue weighted by Gasteiger charge is -2.05. The third-order valence-electron chi connectivity index (χ3n) is 1.68. The first-order valence-electron chi connectivity index (χ1n) is 6.92. The van der Waals surface area contributed by atoms with Gasteiger partial charge in [0.25, 0.3) is 0 Å². The van der Waals surface area contributed by atoms with E-state index in [4.69, 9.17) is 4.74 Å². The molecule has 0 fully saturated rings. The molecular formula is C17H28O6. The molecule has 132 valence electrons. The SMILES string of the molecule is C=C(C)C(=O)OC(C)C.C=C(C)C(=O)OCC.C=CC(=O)OC. The summed E-state index contributed by atoms with van der Waals surface area (Å²) in [4.78, 5) is 30.9. The predicted molar refractivity (Wildman–Crippen MR) is 89.7 cm³/mol. The van der Waals surface area contributed by atoms with E-state index in [9.17, 15) is 14.4 Å². The predicted octanol–water partition coefficient (Wildman–Crippen LogP) is 2.99. The molecule has 0 N–H and O–H groups in total. The molecule has 0 heterocycles. The van der Waals surface area contributed by atoms with E-state index in [-0.39, 0.29) is 18.0 Å². The van der Waals surface area contributed by atoms with Crippen molar-refractivity contribution in [2.24, 2.45) is 0 Å². The summed E-state index contributed by atoms with van der Waals surface area (Å²) >= 11 is 0. The fourth-order valence-corrected chi connectivity index (χ4v) is 0.652.